The number of hydrogen-bond acceptors (Lipinski definition) is 4. The number of benzene rings is 1. The van der Waals surface area contributed by atoms with Crippen LogP contribution in [0.4, 0.5) is 13.2 Å². The second-order valence-corrected chi connectivity index (χ2v) is 5.89. The van der Waals surface area contributed by atoms with Gasteiger partial charge in [-0.15, -0.1) is 13.2 Å². The first-order valence-corrected chi connectivity index (χ1v) is 7.90. The minimum Gasteiger partial charge on any atom is -0.477 e. The Labute approximate surface area is 131 Å². The van der Waals surface area contributed by atoms with Crippen LogP contribution in [0.3, 0.4) is 0 Å². The summed E-state index contributed by atoms with van der Waals surface area (Å²) in [5.41, 5.74) is 1.65. The van der Waals surface area contributed by atoms with Gasteiger partial charge in [0.2, 0.25) is 5.90 Å². The third-order valence-corrected chi connectivity index (χ3v) is 4.04. The maximum Gasteiger partial charge on any atom is 0.573 e. The van der Waals surface area contributed by atoms with Gasteiger partial charge in [0.1, 0.15) is 12.4 Å². The van der Waals surface area contributed by atoms with E-state index in [4.69, 9.17) is 4.74 Å². The zero-order valence-corrected chi connectivity index (χ0v) is 13.0. The molecule has 0 fully saturated rings. The first kappa shape index (κ1) is 16.7. The number of aliphatic imine (C=N–C) groups is 1. The second-order valence-electron chi connectivity index (χ2n) is 4.75. The Morgan fingerprint density at radius 3 is 2.55 bits per heavy atom. The molecule has 0 bridgehead atoms. The number of nitrogens with zero attached hydrogens (tertiary/aromatic N) is 1. The van der Waals surface area contributed by atoms with Gasteiger partial charge in [-0.3, -0.25) is 4.99 Å². The maximum atomic E-state index is 12.1. The van der Waals surface area contributed by atoms with Gasteiger partial charge in [0.25, 0.3) is 0 Å². The summed E-state index contributed by atoms with van der Waals surface area (Å²) >= 11 is 1.71. The lowest BCUT2D eigenvalue weighted by Crippen LogP contribution is -2.24. The van der Waals surface area contributed by atoms with E-state index in [0.29, 0.717) is 24.3 Å². The summed E-state index contributed by atoms with van der Waals surface area (Å²) in [6, 6.07) is 5.71. The van der Waals surface area contributed by atoms with Crippen LogP contribution in [-0.4, -0.2) is 36.9 Å². The van der Waals surface area contributed by atoms with E-state index in [1.54, 1.807) is 30.0 Å². The fourth-order valence-electron chi connectivity index (χ4n) is 1.89. The molecule has 120 valence electrons. The second kappa shape index (κ2) is 7.09. The molecule has 0 spiro atoms. The predicted octanol–water partition coefficient (Wildman–Crippen LogP) is 4.15. The van der Waals surface area contributed by atoms with E-state index in [9.17, 15) is 13.2 Å². The smallest absolute Gasteiger partial charge is 0.477 e. The van der Waals surface area contributed by atoms with Gasteiger partial charge in [-0.25, -0.2) is 0 Å². The molecular formula is C15H16F3NO2S. The van der Waals surface area contributed by atoms with Crippen LogP contribution in [-0.2, 0) is 4.74 Å². The first-order chi connectivity index (χ1) is 10.4. The van der Waals surface area contributed by atoms with Crippen molar-refractivity contribution in [3.8, 4) is 5.75 Å². The highest BCUT2D eigenvalue weighted by molar-refractivity contribution is 7.99. The van der Waals surface area contributed by atoms with Crippen LogP contribution in [0, 0.1) is 0 Å². The van der Waals surface area contributed by atoms with Crippen LogP contribution >= 0.6 is 11.8 Å². The van der Waals surface area contributed by atoms with Gasteiger partial charge in [-0.2, -0.15) is 11.8 Å². The summed E-state index contributed by atoms with van der Waals surface area (Å²) in [5.74, 6) is 0.316. The molecule has 3 nitrogen and oxygen atoms in total. The van der Waals surface area contributed by atoms with Crippen molar-refractivity contribution in [2.45, 2.75) is 18.5 Å². The van der Waals surface area contributed by atoms with Crippen molar-refractivity contribution in [3.05, 3.63) is 35.9 Å². The van der Waals surface area contributed by atoms with E-state index in [1.165, 1.54) is 12.1 Å². The molecule has 1 atom stereocenters. The molecule has 0 radical (unpaired) electrons. The number of rotatable bonds is 4. The zero-order chi connectivity index (χ0) is 16.2. The van der Waals surface area contributed by atoms with E-state index in [-0.39, 0.29) is 5.75 Å². The van der Waals surface area contributed by atoms with E-state index < -0.39 is 6.36 Å². The van der Waals surface area contributed by atoms with Gasteiger partial charge in [-0.1, -0.05) is 12.1 Å². The molecule has 0 saturated heterocycles. The van der Waals surface area contributed by atoms with Gasteiger partial charge < -0.3 is 9.47 Å². The van der Waals surface area contributed by atoms with E-state index in [1.807, 2.05) is 13.2 Å². The summed E-state index contributed by atoms with van der Waals surface area (Å²) in [6.45, 7) is 3.17. The quantitative estimate of drug-likeness (QED) is 0.830. The molecule has 1 aromatic carbocycles. The van der Waals surface area contributed by atoms with Crippen LogP contribution in [0.1, 0.15) is 12.5 Å². The molecule has 1 heterocycles. The molecule has 0 aromatic heterocycles. The van der Waals surface area contributed by atoms with Gasteiger partial charge in [0, 0.05) is 6.08 Å². The molecule has 0 amide bonds. The molecule has 0 N–H and O–H groups in total. The summed E-state index contributed by atoms with van der Waals surface area (Å²) in [5, 5.41) is 0.372. The largest absolute Gasteiger partial charge is 0.573 e. The monoisotopic (exact) mass is 331 g/mol. The van der Waals surface area contributed by atoms with Gasteiger partial charge >= 0.3 is 6.36 Å². The van der Waals surface area contributed by atoms with Crippen molar-refractivity contribution in [3.63, 3.8) is 0 Å². The standard InChI is InChI=1S/C15H16F3NO2S/c1-10(7-14-19-8-13(22-2)9-20-14)11-3-5-12(6-4-11)21-15(16,17)18/h3-7,13H,8-9H2,1-2H3. The lowest BCUT2D eigenvalue weighted by molar-refractivity contribution is -0.274. The Bertz CT molecular complexity index is 567. The number of alkyl halides is 3. The fraction of sp³-hybridized carbons (Fsp3) is 0.400. The van der Waals surface area contributed by atoms with Gasteiger partial charge in [0.15, 0.2) is 0 Å². The third-order valence-electron chi connectivity index (χ3n) is 3.08. The minimum absolute atomic E-state index is 0.238. The van der Waals surface area contributed by atoms with Crippen molar-refractivity contribution in [2.75, 3.05) is 19.4 Å². The van der Waals surface area contributed by atoms with E-state index in [2.05, 4.69) is 9.73 Å². The Morgan fingerprint density at radius 1 is 1.36 bits per heavy atom. The summed E-state index contributed by atoms with van der Waals surface area (Å²) < 4.78 is 45.7. The molecule has 1 aliphatic rings. The van der Waals surface area contributed by atoms with E-state index in [0.717, 1.165) is 11.1 Å². The number of ether oxygens (including phenoxy) is 2. The Kier molecular flexibility index (Phi) is 5.39. The van der Waals surface area contributed by atoms with Gasteiger partial charge in [0.05, 0.1) is 11.8 Å². The van der Waals surface area contributed by atoms with Crippen molar-refractivity contribution in [1.82, 2.24) is 0 Å². The normalized spacial score (nSPS) is 19.4. The molecule has 0 saturated carbocycles. The highest BCUT2D eigenvalue weighted by Crippen LogP contribution is 2.25. The number of allylic oxidation sites excluding steroid dienone is 1. The fourth-order valence-corrected chi connectivity index (χ4v) is 2.31. The van der Waals surface area contributed by atoms with Crippen LogP contribution in [0.25, 0.3) is 5.57 Å². The number of halogens is 3. The summed E-state index contributed by atoms with van der Waals surface area (Å²) in [4.78, 5) is 4.34. The molecule has 22 heavy (non-hydrogen) atoms. The zero-order valence-electron chi connectivity index (χ0n) is 12.2. The number of hydrogen-bond donors (Lipinski definition) is 0. The van der Waals surface area contributed by atoms with Crippen LogP contribution < -0.4 is 4.74 Å². The van der Waals surface area contributed by atoms with E-state index >= 15 is 0 Å². The molecule has 7 heteroatoms. The number of thioether (sulfide) groups is 1. The summed E-state index contributed by atoms with van der Waals surface area (Å²) in [7, 11) is 0. The summed E-state index contributed by atoms with van der Waals surface area (Å²) in [6.07, 6.45) is -0.874. The molecule has 1 unspecified atom stereocenters. The lowest BCUT2D eigenvalue weighted by Gasteiger charge is -2.19. The van der Waals surface area contributed by atoms with Crippen LogP contribution in [0.2, 0.25) is 0 Å². The molecule has 2 rings (SSSR count). The van der Waals surface area contributed by atoms with Crippen molar-refractivity contribution in [1.29, 1.82) is 0 Å². The van der Waals surface area contributed by atoms with Crippen LogP contribution in [0.15, 0.2) is 35.3 Å². The highest BCUT2D eigenvalue weighted by Gasteiger charge is 2.30. The van der Waals surface area contributed by atoms with Crippen molar-refractivity contribution < 1.29 is 22.6 Å². The molecular weight excluding hydrogens is 315 g/mol. The average molecular weight is 331 g/mol. The average Bonchev–Trinajstić information content (AvgIpc) is 2.47. The Morgan fingerprint density at radius 2 is 2.05 bits per heavy atom. The molecule has 1 aliphatic heterocycles. The molecule has 1 aromatic rings. The Balaban J connectivity index is 2.05. The third kappa shape index (κ3) is 4.98. The SMILES string of the molecule is CSC1CN=C(C=C(C)c2ccc(OC(F)(F)F)cc2)OC1. The van der Waals surface area contributed by atoms with Crippen molar-refractivity contribution in [2.24, 2.45) is 4.99 Å². The highest BCUT2D eigenvalue weighted by atomic mass is 32.2. The minimum atomic E-state index is -4.68. The maximum absolute atomic E-state index is 12.1. The van der Waals surface area contributed by atoms with Gasteiger partial charge in [-0.05, 0) is 36.4 Å². The van der Waals surface area contributed by atoms with Crippen LogP contribution in [0.5, 0.6) is 5.75 Å². The van der Waals surface area contributed by atoms with Crippen molar-refractivity contribution >= 4 is 23.2 Å². The lowest BCUT2D eigenvalue weighted by atomic mass is 10.1. The molecule has 0 aliphatic carbocycles. The first-order valence-electron chi connectivity index (χ1n) is 6.62. The Hall–Kier alpha value is -1.63. The predicted molar refractivity (Wildman–Crippen MR) is 82.3 cm³/mol. The topological polar surface area (TPSA) is 30.8 Å².